The third-order valence-corrected chi connectivity index (χ3v) is 3.22. The minimum absolute atomic E-state index is 0.102. The van der Waals surface area contributed by atoms with Gasteiger partial charge in [0.05, 0.1) is 21.9 Å². The molecule has 0 radical (unpaired) electrons. The molecule has 1 amide bonds. The molecule has 0 aliphatic heterocycles. The number of benzene rings is 1. The van der Waals surface area contributed by atoms with Crippen LogP contribution in [0.5, 0.6) is 0 Å². The van der Waals surface area contributed by atoms with Crippen molar-refractivity contribution < 1.29 is 4.79 Å². The number of carbonyl (C=O) groups is 1. The van der Waals surface area contributed by atoms with Gasteiger partial charge in [0.1, 0.15) is 0 Å². The predicted octanol–water partition coefficient (Wildman–Crippen LogP) is 2.16. The largest absolute Gasteiger partial charge is 0.397 e. The van der Waals surface area contributed by atoms with Crippen LogP contribution in [0.3, 0.4) is 0 Å². The molecule has 0 fully saturated rings. The monoisotopic (exact) mass is 326 g/mol. The number of halogens is 2. The van der Waals surface area contributed by atoms with E-state index in [-0.39, 0.29) is 18.9 Å². The zero-order chi connectivity index (χ0) is 15.4. The molecular weight excluding hydrogens is 315 g/mol. The molecule has 0 saturated heterocycles. The van der Waals surface area contributed by atoms with Gasteiger partial charge in [-0.3, -0.25) is 9.36 Å². The lowest BCUT2D eigenvalue weighted by Crippen LogP contribution is -2.24. The maximum absolute atomic E-state index is 11.8. The molecule has 0 atom stereocenters. The molecule has 2 rings (SSSR count). The van der Waals surface area contributed by atoms with Gasteiger partial charge in [-0.2, -0.15) is 0 Å². The Kier molecular flexibility index (Phi) is 4.82. The Morgan fingerprint density at radius 3 is 2.86 bits per heavy atom. The second-order valence-electron chi connectivity index (χ2n) is 4.28. The highest BCUT2D eigenvalue weighted by molar-refractivity contribution is 6.33. The maximum atomic E-state index is 11.8. The Bertz CT molecular complexity index is 730. The average Bonchev–Trinajstić information content (AvgIpc) is 2.44. The van der Waals surface area contributed by atoms with E-state index in [2.05, 4.69) is 10.3 Å². The highest BCUT2D eigenvalue weighted by Crippen LogP contribution is 2.22. The molecule has 0 aliphatic carbocycles. The molecule has 2 aromatic rings. The summed E-state index contributed by atoms with van der Waals surface area (Å²) in [6, 6.07) is 4.80. The fourth-order valence-electron chi connectivity index (χ4n) is 1.66. The molecule has 8 heteroatoms. The molecule has 21 heavy (non-hydrogen) atoms. The summed E-state index contributed by atoms with van der Waals surface area (Å²) >= 11 is 11.5. The number of anilines is 2. The van der Waals surface area contributed by atoms with Crippen molar-refractivity contribution in [2.24, 2.45) is 0 Å². The van der Waals surface area contributed by atoms with Gasteiger partial charge < -0.3 is 11.1 Å². The molecule has 1 heterocycles. The van der Waals surface area contributed by atoms with Gasteiger partial charge in [-0.25, -0.2) is 9.78 Å². The number of hydrogen-bond donors (Lipinski definition) is 2. The fourth-order valence-corrected chi connectivity index (χ4v) is 1.94. The number of carbonyl (C=O) groups excluding carboxylic acids is 1. The highest BCUT2D eigenvalue weighted by atomic mass is 35.5. The average molecular weight is 327 g/mol. The summed E-state index contributed by atoms with van der Waals surface area (Å²) in [4.78, 5) is 26.9. The topological polar surface area (TPSA) is 90.0 Å². The van der Waals surface area contributed by atoms with Gasteiger partial charge in [-0.15, -0.1) is 0 Å². The van der Waals surface area contributed by atoms with Gasteiger partial charge in [0, 0.05) is 24.8 Å². The number of aryl methyl sites for hydroxylation is 1. The van der Waals surface area contributed by atoms with Crippen LogP contribution in [0, 0.1) is 0 Å². The van der Waals surface area contributed by atoms with Crippen molar-refractivity contribution in [3.63, 3.8) is 0 Å². The van der Waals surface area contributed by atoms with Gasteiger partial charge >= 0.3 is 5.69 Å². The molecule has 1 aromatic heterocycles. The number of nitrogens with two attached hydrogens (primary N) is 1. The zero-order valence-corrected chi connectivity index (χ0v) is 12.4. The quantitative estimate of drug-likeness (QED) is 0.842. The van der Waals surface area contributed by atoms with Gasteiger partial charge in [0.25, 0.3) is 0 Å². The van der Waals surface area contributed by atoms with E-state index < -0.39 is 5.69 Å². The molecule has 6 nitrogen and oxygen atoms in total. The van der Waals surface area contributed by atoms with Crippen LogP contribution in [-0.2, 0) is 11.3 Å². The molecular formula is C13H12Cl2N4O2. The SMILES string of the molecule is Nc1cc(NC(=O)CCn2cc(Cl)cnc2=O)ccc1Cl. The molecule has 0 aliphatic rings. The molecule has 0 spiro atoms. The number of aromatic nitrogens is 2. The van der Waals surface area contributed by atoms with E-state index in [1.54, 1.807) is 18.2 Å². The number of hydrogen-bond acceptors (Lipinski definition) is 4. The molecule has 110 valence electrons. The molecule has 1 aromatic carbocycles. The minimum atomic E-state index is -0.456. The number of rotatable bonds is 4. The Hall–Kier alpha value is -2.05. The summed E-state index contributed by atoms with van der Waals surface area (Å²) < 4.78 is 1.28. The fraction of sp³-hybridized carbons (Fsp3) is 0.154. The summed E-state index contributed by atoms with van der Waals surface area (Å²) in [7, 11) is 0. The first kappa shape index (κ1) is 15.3. The van der Waals surface area contributed by atoms with Crippen LogP contribution >= 0.6 is 23.2 Å². The Morgan fingerprint density at radius 1 is 1.38 bits per heavy atom. The van der Waals surface area contributed by atoms with Crippen LogP contribution in [-0.4, -0.2) is 15.5 Å². The van der Waals surface area contributed by atoms with Crippen LogP contribution in [0.2, 0.25) is 10.0 Å². The number of nitrogen functional groups attached to an aromatic ring is 1. The summed E-state index contributed by atoms with van der Waals surface area (Å²) in [5.41, 5.74) is 6.11. The summed E-state index contributed by atoms with van der Waals surface area (Å²) in [6.07, 6.45) is 2.80. The molecule has 0 saturated carbocycles. The van der Waals surface area contributed by atoms with Crippen LogP contribution in [0.4, 0.5) is 11.4 Å². The lowest BCUT2D eigenvalue weighted by Gasteiger charge is -2.08. The van der Waals surface area contributed by atoms with Gasteiger partial charge in [0.15, 0.2) is 0 Å². The van der Waals surface area contributed by atoms with Crippen molar-refractivity contribution in [1.82, 2.24) is 9.55 Å². The van der Waals surface area contributed by atoms with Gasteiger partial charge in [-0.1, -0.05) is 23.2 Å². The molecule has 0 unspecified atom stereocenters. The van der Waals surface area contributed by atoms with E-state index >= 15 is 0 Å². The Balaban J connectivity index is 1.97. The Morgan fingerprint density at radius 2 is 2.14 bits per heavy atom. The van der Waals surface area contributed by atoms with E-state index in [9.17, 15) is 9.59 Å². The second kappa shape index (κ2) is 6.60. The lowest BCUT2D eigenvalue weighted by molar-refractivity contribution is -0.116. The normalized spacial score (nSPS) is 10.4. The zero-order valence-electron chi connectivity index (χ0n) is 10.8. The van der Waals surface area contributed by atoms with Crippen LogP contribution < -0.4 is 16.7 Å². The standard InChI is InChI=1S/C13H12Cl2N4O2/c14-8-6-17-13(21)19(7-8)4-3-12(20)18-9-1-2-10(15)11(16)5-9/h1-2,5-7H,3-4,16H2,(H,18,20). The summed E-state index contributed by atoms with van der Waals surface area (Å²) in [5, 5.41) is 3.42. The van der Waals surface area contributed by atoms with Gasteiger partial charge in [-0.05, 0) is 18.2 Å². The summed E-state index contributed by atoms with van der Waals surface area (Å²) in [6.45, 7) is 0.182. The van der Waals surface area contributed by atoms with Crippen molar-refractivity contribution in [3.05, 3.63) is 51.1 Å². The van der Waals surface area contributed by atoms with E-state index in [1.165, 1.54) is 17.0 Å². The van der Waals surface area contributed by atoms with E-state index in [0.29, 0.717) is 21.4 Å². The van der Waals surface area contributed by atoms with Crippen LogP contribution in [0.25, 0.3) is 0 Å². The number of nitrogens with zero attached hydrogens (tertiary/aromatic N) is 2. The first-order valence-corrected chi connectivity index (χ1v) is 6.78. The number of nitrogens with one attached hydrogen (secondary N) is 1. The molecule has 3 N–H and O–H groups in total. The smallest absolute Gasteiger partial charge is 0.347 e. The molecule has 0 bridgehead atoms. The van der Waals surface area contributed by atoms with E-state index in [0.717, 1.165) is 0 Å². The summed E-state index contributed by atoms with van der Waals surface area (Å²) in [5.74, 6) is -0.261. The first-order chi connectivity index (χ1) is 9.95. The second-order valence-corrected chi connectivity index (χ2v) is 5.13. The van der Waals surface area contributed by atoms with Crippen molar-refractivity contribution in [2.75, 3.05) is 11.1 Å². The van der Waals surface area contributed by atoms with Crippen molar-refractivity contribution in [1.29, 1.82) is 0 Å². The van der Waals surface area contributed by atoms with Crippen molar-refractivity contribution >= 4 is 40.5 Å². The number of amides is 1. The maximum Gasteiger partial charge on any atom is 0.347 e. The minimum Gasteiger partial charge on any atom is -0.397 e. The third kappa shape index (κ3) is 4.21. The lowest BCUT2D eigenvalue weighted by atomic mass is 10.2. The highest BCUT2D eigenvalue weighted by Gasteiger charge is 2.06. The van der Waals surface area contributed by atoms with Crippen LogP contribution in [0.1, 0.15) is 6.42 Å². The first-order valence-electron chi connectivity index (χ1n) is 6.02. The third-order valence-electron chi connectivity index (χ3n) is 2.68. The van der Waals surface area contributed by atoms with E-state index in [1.807, 2.05) is 0 Å². The Labute approximate surface area is 130 Å². The van der Waals surface area contributed by atoms with Gasteiger partial charge in [0.2, 0.25) is 5.91 Å². The predicted molar refractivity (Wildman–Crippen MR) is 82.6 cm³/mol. The van der Waals surface area contributed by atoms with E-state index in [4.69, 9.17) is 28.9 Å². The van der Waals surface area contributed by atoms with Crippen molar-refractivity contribution in [2.45, 2.75) is 13.0 Å². The van der Waals surface area contributed by atoms with Crippen molar-refractivity contribution in [3.8, 4) is 0 Å². The van der Waals surface area contributed by atoms with Crippen LogP contribution in [0.15, 0.2) is 35.4 Å².